The van der Waals surface area contributed by atoms with Gasteiger partial charge in [-0.1, -0.05) is 17.7 Å². The summed E-state index contributed by atoms with van der Waals surface area (Å²) in [6.07, 6.45) is 4.67. The first-order valence-electron chi connectivity index (χ1n) is 10.8. The first-order chi connectivity index (χ1) is 14.4. The summed E-state index contributed by atoms with van der Waals surface area (Å²) in [4.78, 5) is 4.86. The Hall–Kier alpha value is -2.09. The number of hydrogen-bond donors (Lipinski definition) is 2. The zero-order valence-electron chi connectivity index (χ0n) is 17.6. The molecule has 0 amide bonds. The quantitative estimate of drug-likeness (QED) is 0.657. The molecular weight excluding hydrogens is 398 g/mol. The number of aromatic hydroxyl groups is 1. The maximum absolute atomic E-state index is 12.9. The second-order valence-electron chi connectivity index (χ2n) is 8.53. The lowest BCUT2D eigenvalue weighted by Crippen LogP contribution is -2.21. The van der Waals surface area contributed by atoms with Gasteiger partial charge >= 0.3 is 0 Å². The highest BCUT2D eigenvalue weighted by Gasteiger charge is 2.21. The van der Waals surface area contributed by atoms with Crippen LogP contribution in [0.2, 0.25) is 0 Å². The van der Waals surface area contributed by atoms with E-state index in [4.69, 9.17) is 0 Å². The van der Waals surface area contributed by atoms with Crippen molar-refractivity contribution < 1.29 is 13.5 Å². The van der Waals surface area contributed by atoms with E-state index in [-0.39, 0.29) is 4.90 Å². The molecule has 0 bridgehead atoms. The highest BCUT2D eigenvalue weighted by Crippen LogP contribution is 2.32. The molecule has 0 radical (unpaired) electrons. The SMILES string of the molecule is Cc1ccc(S(=O)(=O)Nc2cc(CN3CCCC3)c(O)c(CN3CCCC3)c2)cc1. The molecule has 162 valence electrons. The average molecular weight is 430 g/mol. The number of nitrogens with zero attached hydrogens (tertiary/aromatic N) is 2. The summed E-state index contributed by atoms with van der Waals surface area (Å²) in [5.74, 6) is 0.298. The predicted octanol–water partition coefficient (Wildman–Crippen LogP) is 3.69. The lowest BCUT2D eigenvalue weighted by atomic mass is 10.1. The van der Waals surface area contributed by atoms with E-state index in [1.165, 1.54) is 25.7 Å². The van der Waals surface area contributed by atoms with Crippen molar-refractivity contribution in [2.75, 3.05) is 30.9 Å². The van der Waals surface area contributed by atoms with Crippen LogP contribution in [-0.2, 0) is 23.1 Å². The zero-order chi connectivity index (χ0) is 21.1. The molecular formula is C23H31N3O3S. The minimum absolute atomic E-state index is 0.239. The molecule has 4 rings (SSSR count). The third kappa shape index (κ3) is 4.96. The number of hydrogen-bond acceptors (Lipinski definition) is 5. The monoisotopic (exact) mass is 429 g/mol. The van der Waals surface area contributed by atoms with E-state index in [2.05, 4.69) is 14.5 Å². The number of rotatable bonds is 7. The average Bonchev–Trinajstić information content (AvgIpc) is 3.40. The summed E-state index contributed by atoms with van der Waals surface area (Å²) < 4.78 is 28.6. The molecule has 0 aliphatic carbocycles. The van der Waals surface area contributed by atoms with Crippen molar-refractivity contribution in [3.8, 4) is 5.75 Å². The number of nitrogens with one attached hydrogen (secondary N) is 1. The molecule has 6 nitrogen and oxygen atoms in total. The number of benzene rings is 2. The zero-order valence-corrected chi connectivity index (χ0v) is 18.4. The van der Waals surface area contributed by atoms with E-state index < -0.39 is 10.0 Å². The largest absolute Gasteiger partial charge is 0.507 e. The standard InChI is InChI=1S/C23H31N3O3S/c1-18-6-8-22(9-7-18)30(28,29)24-21-14-19(16-25-10-2-3-11-25)23(27)20(15-21)17-26-12-4-5-13-26/h6-9,14-15,24,27H,2-5,10-13,16-17H2,1H3. The van der Waals surface area contributed by atoms with E-state index in [0.717, 1.165) is 42.9 Å². The van der Waals surface area contributed by atoms with Gasteiger partial charge in [0.15, 0.2) is 0 Å². The Morgan fingerprint density at radius 1 is 0.867 bits per heavy atom. The van der Waals surface area contributed by atoms with Crippen LogP contribution in [0.15, 0.2) is 41.3 Å². The summed E-state index contributed by atoms with van der Waals surface area (Å²) in [5, 5.41) is 10.9. The first-order valence-corrected chi connectivity index (χ1v) is 12.3. The summed E-state index contributed by atoms with van der Waals surface area (Å²) in [6, 6.07) is 10.4. The highest BCUT2D eigenvalue weighted by molar-refractivity contribution is 7.92. The Balaban J connectivity index is 1.63. The molecule has 0 spiro atoms. The second-order valence-corrected chi connectivity index (χ2v) is 10.2. The Kier molecular flexibility index (Phi) is 6.32. The molecule has 2 aromatic carbocycles. The van der Waals surface area contributed by atoms with Gasteiger partial charge in [-0.2, -0.15) is 0 Å². The van der Waals surface area contributed by atoms with Crippen LogP contribution in [0.25, 0.3) is 0 Å². The Morgan fingerprint density at radius 2 is 1.33 bits per heavy atom. The molecule has 2 aromatic rings. The van der Waals surface area contributed by atoms with Crippen molar-refractivity contribution >= 4 is 15.7 Å². The molecule has 2 aliphatic rings. The predicted molar refractivity (Wildman–Crippen MR) is 119 cm³/mol. The van der Waals surface area contributed by atoms with Gasteiger partial charge in [-0.15, -0.1) is 0 Å². The van der Waals surface area contributed by atoms with Crippen LogP contribution in [0.4, 0.5) is 5.69 Å². The van der Waals surface area contributed by atoms with Gasteiger partial charge < -0.3 is 5.11 Å². The summed E-state index contributed by atoms with van der Waals surface area (Å²) in [5.41, 5.74) is 3.10. The maximum Gasteiger partial charge on any atom is 0.261 e. The molecule has 0 saturated carbocycles. The molecule has 2 saturated heterocycles. The molecule has 0 unspecified atom stereocenters. The smallest absolute Gasteiger partial charge is 0.261 e. The molecule has 0 aromatic heterocycles. The van der Waals surface area contributed by atoms with Gasteiger partial charge in [-0.05, 0) is 83.1 Å². The van der Waals surface area contributed by atoms with E-state index in [1.54, 1.807) is 36.4 Å². The summed E-state index contributed by atoms with van der Waals surface area (Å²) in [6.45, 7) is 7.26. The normalized spacial score (nSPS) is 18.2. The summed E-state index contributed by atoms with van der Waals surface area (Å²) in [7, 11) is -3.69. The third-order valence-corrected chi connectivity index (χ3v) is 7.43. The van der Waals surface area contributed by atoms with Gasteiger partial charge in [0.05, 0.1) is 4.90 Å². The third-order valence-electron chi connectivity index (χ3n) is 6.04. The minimum Gasteiger partial charge on any atom is -0.507 e. The lowest BCUT2D eigenvalue weighted by molar-refractivity contribution is 0.312. The van der Waals surface area contributed by atoms with Gasteiger partial charge in [0, 0.05) is 29.9 Å². The van der Waals surface area contributed by atoms with Crippen LogP contribution in [0.5, 0.6) is 5.75 Å². The minimum atomic E-state index is -3.69. The van der Waals surface area contributed by atoms with Crippen molar-refractivity contribution in [1.29, 1.82) is 0 Å². The number of phenolic OH excluding ortho intramolecular Hbond substituents is 1. The van der Waals surface area contributed by atoms with Crippen molar-refractivity contribution in [3.63, 3.8) is 0 Å². The fourth-order valence-corrected chi connectivity index (χ4v) is 5.40. The highest BCUT2D eigenvalue weighted by atomic mass is 32.2. The van der Waals surface area contributed by atoms with Crippen LogP contribution in [0.1, 0.15) is 42.4 Å². The molecule has 30 heavy (non-hydrogen) atoms. The van der Waals surface area contributed by atoms with Crippen LogP contribution in [0, 0.1) is 6.92 Å². The van der Waals surface area contributed by atoms with E-state index in [0.29, 0.717) is 24.5 Å². The van der Waals surface area contributed by atoms with Crippen LogP contribution in [0.3, 0.4) is 0 Å². The van der Waals surface area contributed by atoms with Gasteiger partial charge in [-0.3, -0.25) is 14.5 Å². The first kappa shape index (κ1) is 21.2. The molecule has 0 atom stereocenters. The van der Waals surface area contributed by atoms with E-state index >= 15 is 0 Å². The topological polar surface area (TPSA) is 72.9 Å². The van der Waals surface area contributed by atoms with E-state index in [9.17, 15) is 13.5 Å². The summed E-state index contributed by atoms with van der Waals surface area (Å²) >= 11 is 0. The fourth-order valence-electron chi connectivity index (χ4n) is 4.35. The molecule has 2 aliphatic heterocycles. The van der Waals surface area contributed by atoms with Crippen molar-refractivity contribution in [1.82, 2.24) is 9.80 Å². The van der Waals surface area contributed by atoms with Crippen molar-refractivity contribution in [3.05, 3.63) is 53.1 Å². The van der Waals surface area contributed by atoms with Gasteiger partial charge in [0.25, 0.3) is 10.0 Å². The number of likely N-dealkylation sites (tertiary alicyclic amines) is 2. The Bertz CT molecular complexity index is 938. The number of anilines is 1. The number of phenols is 1. The Morgan fingerprint density at radius 3 is 1.80 bits per heavy atom. The van der Waals surface area contributed by atoms with Crippen molar-refractivity contribution in [2.45, 2.75) is 50.6 Å². The van der Waals surface area contributed by atoms with Crippen molar-refractivity contribution in [2.24, 2.45) is 0 Å². The molecule has 7 heteroatoms. The molecule has 2 fully saturated rings. The van der Waals surface area contributed by atoms with Crippen LogP contribution in [-0.4, -0.2) is 49.5 Å². The number of sulfonamides is 1. The Labute approximate surface area is 179 Å². The van der Waals surface area contributed by atoms with Gasteiger partial charge in [0.2, 0.25) is 0 Å². The van der Waals surface area contributed by atoms with Gasteiger partial charge in [0.1, 0.15) is 5.75 Å². The van der Waals surface area contributed by atoms with Crippen LogP contribution < -0.4 is 4.72 Å². The lowest BCUT2D eigenvalue weighted by Gasteiger charge is -2.21. The second kappa shape index (κ2) is 8.96. The van der Waals surface area contributed by atoms with Gasteiger partial charge in [-0.25, -0.2) is 8.42 Å². The van der Waals surface area contributed by atoms with Crippen LogP contribution >= 0.6 is 0 Å². The molecule has 2 heterocycles. The maximum atomic E-state index is 12.9. The van der Waals surface area contributed by atoms with E-state index in [1.807, 2.05) is 6.92 Å². The fraction of sp³-hybridized carbons (Fsp3) is 0.478. The molecule has 2 N–H and O–H groups in total. The number of aryl methyl sites for hydroxylation is 1.